The van der Waals surface area contributed by atoms with Gasteiger partial charge in [-0.25, -0.2) is 4.98 Å². The van der Waals surface area contributed by atoms with E-state index in [-0.39, 0.29) is 0 Å². The van der Waals surface area contributed by atoms with Crippen molar-refractivity contribution in [3.05, 3.63) is 59.0 Å². The van der Waals surface area contributed by atoms with Crippen LogP contribution in [0.15, 0.2) is 42.9 Å². The average molecular weight is 355 g/mol. The summed E-state index contributed by atoms with van der Waals surface area (Å²) in [4.78, 5) is 12.8. The molecule has 0 fully saturated rings. The van der Waals surface area contributed by atoms with E-state index in [1.807, 2.05) is 39.1 Å². The molecular weight excluding hydrogens is 336 g/mol. The lowest BCUT2D eigenvalue weighted by Gasteiger charge is -2.14. The van der Waals surface area contributed by atoms with E-state index in [1.165, 1.54) is 5.56 Å². The highest BCUT2D eigenvalue weighted by atomic mass is 35.5. The smallest absolute Gasteiger partial charge is 0.229 e. The Morgan fingerprint density at radius 1 is 0.960 bits per heavy atom. The van der Waals surface area contributed by atoms with E-state index in [0.29, 0.717) is 16.8 Å². The molecule has 0 aliphatic heterocycles. The lowest BCUT2D eigenvalue weighted by molar-refractivity contribution is 1.15. The molecule has 0 aliphatic carbocycles. The summed E-state index contributed by atoms with van der Waals surface area (Å²) in [5, 5.41) is 10.1. The van der Waals surface area contributed by atoms with Crippen LogP contribution in [0.1, 0.15) is 11.1 Å². The molecule has 7 heteroatoms. The molecule has 3 aromatic rings. The third-order valence-electron chi connectivity index (χ3n) is 3.71. The highest BCUT2D eigenvalue weighted by Crippen LogP contribution is 2.29. The van der Waals surface area contributed by atoms with Crippen molar-refractivity contribution in [3.63, 3.8) is 0 Å². The summed E-state index contributed by atoms with van der Waals surface area (Å²) in [6.45, 7) is 4.01. The highest BCUT2D eigenvalue weighted by molar-refractivity contribution is 6.33. The summed E-state index contributed by atoms with van der Waals surface area (Å²) < 4.78 is 0. The molecule has 0 bridgehead atoms. The molecule has 0 amide bonds. The van der Waals surface area contributed by atoms with E-state index in [2.05, 4.69) is 37.0 Å². The summed E-state index contributed by atoms with van der Waals surface area (Å²) >= 11 is 6.26. The van der Waals surface area contributed by atoms with Gasteiger partial charge in [-0.15, -0.1) is 0 Å². The van der Waals surface area contributed by atoms with Crippen molar-refractivity contribution in [2.45, 2.75) is 13.8 Å². The number of aryl methyl sites for hydroxylation is 2. The van der Waals surface area contributed by atoms with Crippen molar-refractivity contribution < 1.29 is 0 Å². The summed E-state index contributed by atoms with van der Waals surface area (Å²) in [5.74, 6) is 0.991. The van der Waals surface area contributed by atoms with Crippen molar-refractivity contribution in [2.75, 3.05) is 23.0 Å². The van der Waals surface area contributed by atoms with Crippen LogP contribution in [0.2, 0.25) is 5.02 Å². The molecule has 0 spiro atoms. The van der Waals surface area contributed by atoms with Gasteiger partial charge in [0.15, 0.2) is 5.82 Å². The number of benzene rings is 1. The van der Waals surface area contributed by atoms with Crippen LogP contribution in [0.5, 0.6) is 0 Å². The molecule has 0 aliphatic rings. The third kappa shape index (κ3) is 3.97. The monoisotopic (exact) mass is 354 g/mol. The van der Waals surface area contributed by atoms with E-state index in [1.54, 1.807) is 18.6 Å². The number of pyridine rings is 1. The van der Waals surface area contributed by atoms with Gasteiger partial charge in [0.05, 0.1) is 17.6 Å². The Bertz CT molecular complexity index is 896. The second-order valence-electron chi connectivity index (χ2n) is 5.63. The van der Waals surface area contributed by atoms with Crippen LogP contribution in [0.25, 0.3) is 0 Å². The van der Waals surface area contributed by atoms with Gasteiger partial charge in [0.2, 0.25) is 5.95 Å². The van der Waals surface area contributed by atoms with Crippen molar-refractivity contribution >= 4 is 40.4 Å². The zero-order valence-electron chi connectivity index (χ0n) is 14.3. The van der Waals surface area contributed by atoms with Gasteiger partial charge in [-0.05, 0) is 43.2 Å². The molecule has 0 atom stereocenters. The van der Waals surface area contributed by atoms with Crippen LogP contribution in [0.4, 0.5) is 28.8 Å². The molecule has 0 unspecified atom stereocenters. The van der Waals surface area contributed by atoms with Gasteiger partial charge in [0.25, 0.3) is 0 Å². The fraction of sp³-hybridized carbons (Fsp3) is 0.167. The summed E-state index contributed by atoms with van der Waals surface area (Å²) in [6.07, 6.45) is 5.07. The zero-order valence-corrected chi connectivity index (χ0v) is 15.0. The van der Waals surface area contributed by atoms with Gasteiger partial charge in [-0.2, -0.15) is 4.98 Å². The van der Waals surface area contributed by atoms with Gasteiger partial charge in [0, 0.05) is 25.1 Å². The Hall–Kier alpha value is -2.86. The number of halogens is 1. The van der Waals surface area contributed by atoms with E-state index in [4.69, 9.17) is 11.6 Å². The fourth-order valence-electron chi connectivity index (χ4n) is 2.35. The number of hydrogen-bond donors (Lipinski definition) is 3. The first-order valence-corrected chi connectivity index (χ1v) is 8.20. The predicted molar refractivity (Wildman–Crippen MR) is 103 cm³/mol. The van der Waals surface area contributed by atoms with Gasteiger partial charge in [0.1, 0.15) is 5.02 Å². The second kappa shape index (κ2) is 7.36. The van der Waals surface area contributed by atoms with Gasteiger partial charge >= 0.3 is 0 Å². The first-order valence-electron chi connectivity index (χ1n) is 7.82. The Morgan fingerprint density at radius 2 is 1.80 bits per heavy atom. The van der Waals surface area contributed by atoms with E-state index in [9.17, 15) is 0 Å². The number of aromatic nitrogens is 3. The molecule has 6 nitrogen and oxygen atoms in total. The zero-order chi connectivity index (χ0) is 17.8. The Balaban J connectivity index is 1.89. The van der Waals surface area contributed by atoms with Gasteiger partial charge in [-0.1, -0.05) is 17.7 Å². The molecular formula is C18H19ClN6. The Morgan fingerprint density at radius 3 is 2.56 bits per heavy atom. The molecule has 2 heterocycles. The van der Waals surface area contributed by atoms with Crippen molar-refractivity contribution in [3.8, 4) is 0 Å². The molecule has 25 heavy (non-hydrogen) atoms. The van der Waals surface area contributed by atoms with Crippen LogP contribution in [-0.4, -0.2) is 22.0 Å². The normalized spacial score (nSPS) is 10.4. The van der Waals surface area contributed by atoms with E-state index in [0.717, 1.165) is 22.6 Å². The van der Waals surface area contributed by atoms with Crippen LogP contribution in [0, 0.1) is 13.8 Å². The Labute approximate surface area is 151 Å². The topological polar surface area (TPSA) is 74.8 Å². The summed E-state index contributed by atoms with van der Waals surface area (Å²) in [5.41, 5.74) is 4.93. The molecule has 2 aromatic heterocycles. The molecule has 3 N–H and O–H groups in total. The maximum Gasteiger partial charge on any atom is 0.229 e. The molecule has 0 saturated heterocycles. The number of nitrogens with zero attached hydrogens (tertiary/aromatic N) is 3. The standard InChI is InChI=1S/C18H19ClN6/c1-11-4-5-15(16(8-11)20-3)23-17-13(19)10-22-18(25-17)24-14-6-7-21-9-12(14)2/h4-10,20H,1-3H3,(H2,21,22,23,24,25). The van der Waals surface area contributed by atoms with Gasteiger partial charge in [-0.3, -0.25) is 4.98 Å². The lowest BCUT2D eigenvalue weighted by atomic mass is 10.2. The number of rotatable bonds is 5. The van der Waals surface area contributed by atoms with Crippen molar-refractivity contribution in [1.29, 1.82) is 0 Å². The average Bonchev–Trinajstić information content (AvgIpc) is 2.61. The highest BCUT2D eigenvalue weighted by Gasteiger charge is 2.09. The largest absolute Gasteiger partial charge is 0.386 e. The minimum Gasteiger partial charge on any atom is -0.386 e. The summed E-state index contributed by atoms with van der Waals surface area (Å²) in [7, 11) is 1.88. The van der Waals surface area contributed by atoms with Crippen LogP contribution < -0.4 is 16.0 Å². The lowest BCUT2D eigenvalue weighted by Crippen LogP contribution is -2.04. The number of anilines is 5. The van der Waals surface area contributed by atoms with Crippen LogP contribution >= 0.6 is 11.6 Å². The minimum absolute atomic E-state index is 0.444. The molecule has 128 valence electrons. The Kier molecular flexibility index (Phi) is 5.00. The quantitative estimate of drug-likeness (QED) is 0.618. The van der Waals surface area contributed by atoms with E-state index < -0.39 is 0 Å². The number of hydrogen-bond acceptors (Lipinski definition) is 6. The summed E-state index contributed by atoms with van der Waals surface area (Å²) in [6, 6.07) is 7.94. The van der Waals surface area contributed by atoms with Crippen molar-refractivity contribution in [1.82, 2.24) is 15.0 Å². The van der Waals surface area contributed by atoms with E-state index >= 15 is 0 Å². The molecule has 1 aromatic carbocycles. The molecule has 0 saturated carbocycles. The SMILES string of the molecule is CNc1cc(C)ccc1Nc1nc(Nc2ccncc2C)ncc1Cl. The predicted octanol–water partition coefficient (Wildman–Crippen LogP) is 4.67. The first kappa shape index (κ1) is 17.0. The van der Waals surface area contributed by atoms with Crippen molar-refractivity contribution in [2.24, 2.45) is 0 Å². The van der Waals surface area contributed by atoms with Gasteiger partial charge < -0.3 is 16.0 Å². The minimum atomic E-state index is 0.444. The third-order valence-corrected chi connectivity index (χ3v) is 3.98. The first-order chi connectivity index (χ1) is 12.1. The second-order valence-corrected chi connectivity index (χ2v) is 6.04. The fourth-order valence-corrected chi connectivity index (χ4v) is 2.49. The molecule has 3 rings (SSSR count). The maximum atomic E-state index is 6.26. The molecule has 0 radical (unpaired) electrons. The maximum absolute atomic E-state index is 6.26. The van der Waals surface area contributed by atoms with Crippen LogP contribution in [0.3, 0.4) is 0 Å². The van der Waals surface area contributed by atoms with Crippen LogP contribution in [-0.2, 0) is 0 Å². The number of nitrogens with one attached hydrogen (secondary N) is 3.